The Balaban J connectivity index is 5.34. The fourth-order valence-electron chi connectivity index (χ4n) is 0.370. The van der Waals surface area contributed by atoms with E-state index in [1.54, 1.807) is 0 Å². The smallest absolute Gasteiger partial charge is 0.239 e. The molecule has 0 unspecified atom stereocenters. The van der Waals surface area contributed by atoms with Crippen molar-refractivity contribution in [2.24, 2.45) is 5.50 Å². The first kappa shape index (κ1) is 18.6. The second-order valence-electron chi connectivity index (χ2n) is 2.49. The van der Waals surface area contributed by atoms with Gasteiger partial charge < -0.3 is 0 Å². The van der Waals surface area contributed by atoms with Crippen molar-refractivity contribution < 1.29 is 55.7 Å². The van der Waals surface area contributed by atoms with E-state index in [4.69, 9.17) is 0 Å². The van der Waals surface area contributed by atoms with Gasteiger partial charge in [-0.1, -0.05) is 0 Å². The van der Waals surface area contributed by atoms with Crippen LogP contribution in [0.1, 0.15) is 0 Å². The summed E-state index contributed by atoms with van der Waals surface area (Å²) in [4.78, 5) is 0. The van der Waals surface area contributed by atoms with Crippen molar-refractivity contribution in [2.75, 3.05) is 0 Å². The summed E-state index contributed by atoms with van der Waals surface area (Å²) in [6.45, 7) is 0. The maximum atomic E-state index is 11.7. The summed E-state index contributed by atoms with van der Waals surface area (Å²) in [5.74, 6) is 0. The van der Waals surface area contributed by atoms with Gasteiger partial charge in [0.1, 0.15) is 0 Å². The van der Waals surface area contributed by atoms with E-state index in [1.165, 1.54) is 0 Å². The van der Waals surface area contributed by atoms with Gasteiger partial charge in [-0.25, -0.2) is 10.1 Å². The van der Waals surface area contributed by atoms with Gasteiger partial charge in [0.05, 0.1) is 0 Å². The topological polar surface area (TPSA) is 130 Å². The van der Waals surface area contributed by atoms with Gasteiger partial charge in [-0.3, -0.25) is 0 Å². The molecule has 0 saturated carbocycles. The molecule has 0 aromatic heterocycles. The minimum absolute atomic E-state index is 2.60. The monoisotopic (exact) mass is 361 g/mol. The van der Waals surface area contributed by atoms with E-state index in [1.807, 2.05) is 0 Å². The van der Waals surface area contributed by atoms with E-state index < -0.39 is 39.0 Å². The fraction of sp³-hybridized carbons (Fsp3) is 1.00. The molecule has 0 amide bonds. The first-order chi connectivity index (χ1) is 7.91. The quantitative estimate of drug-likeness (QED) is 0.442. The average Bonchev–Trinajstić information content (AvgIpc) is 1.93. The Bertz CT molecular complexity index is 536. The molecule has 0 aliphatic rings. The van der Waals surface area contributed by atoms with Crippen LogP contribution in [0.15, 0.2) is 0 Å². The molecule has 0 fully saturated rings. The number of alkyl halides is 6. The molecule has 0 spiro atoms. The molecule has 8 nitrogen and oxygen atoms in total. The zero-order valence-corrected chi connectivity index (χ0v) is 10.5. The molecule has 0 aromatic carbocycles. The molecule has 0 aromatic rings. The second-order valence-corrected chi connectivity index (χ2v) is 7.50. The highest BCUT2D eigenvalue weighted by atomic mass is 32.2. The first-order valence-corrected chi connectivity index (χ1v) is 7.78. The number of nitrogens with two attached hydrogens (primary N) is 1. The maximum absolute atomic E-state index is 11.7. The van der Waals surface area contributed by atoms with E-state index in [9.17, 15) is 47.7 Å². The molecule has 0 radical (unpaired) electrons. The Labute approximate surface area is 101 Å². The van der Waals surface area contributed by atoms with Crippen LogP contribution in [0.4, 0.5) is 26.3 Å². The maximum Gasteiger partial charge on any atom is 0.523 e. The Hall–Kier alpha value is -0.410. The van der Waals surface area contributed by atoms with E-state index in [-0.39, 0.29) is 0 Å². The van der Waals surface area contributed by atoms with Gasteiger partial charge in [0.2, 0.25) is 0 Å². The normalized spacial score (nSPS) is 15.5. The summed E-state index contributed by atoms with van der Waals surface area (Å²) in [5.41, 5.74) is -8.37. The Morgan fingerprint density at radius 3 is 1.16 bits per heavy atom. The van der Waals surface area contributed by atoms with Crippen LogP contribution in [-0.4, -0.2) is 27.9 Å². The molecule has 0 aliphatic heterocycles. The molecule has 0 aliphatic carbocycles. The van der Waals surface area contributed by atoms with E-state index in [0.29, 0.717) is 0 Å². The van der Waals surface area contributed by atoms with Crippen molar-refractivity contribution in [2.45, 2.75) is 11.0 Å². The third-order valence-corrected chi connectivity index (χ3v) is 5.34. The molecular formula is C2H2F6NO7PS2. The van der Waals surface area contributed by atoms with Crippen LogP contribution in [0.2, 0.25) is 0 Å². The predicted octanol–water partition coefficient (Wildman–Crippen LogP) is 0.786. The van der Waals surface area contributed by atoms with Crippen LogP contribution in [0.25, 0.3) is 0 Å². The number of rotatable bonds is 4. The Kier molecular flexibility index (Phi) is 4.75. The molecule has 19 heavy (non-hydrogen) atoms. The fourth-order valence-corrected chi connectivity index (χ4v) is 3.56. The van der Waals surface area contributed by atoms with Crippen molar-refractivity contribution in [1.82, 2.24) is 0 Å². The standard InChI is InChI=1S/C2H2F6NO7PS2/c3-1(4,5)18(11,12)15-17(9,10)16-19(13,14)2(6,7)8/h(H2,9,10). The molecular weight excluding hydrogens is 359 g/mol. The summed E-state index contributed by atoms with van der Waals surface area (Å²) in [6, 6.07) is 0. The Morgan fingerprint density at radius 2 is 1.00 bits per heavy atom. The number of hydrogen-bond donors (Lipinski definition) is 1. The van der Waals surface area contributed by atoms with Crippen molar-refractivity contribution >= 4 is 28.0 Å². The van der Waals surface area contributed by atoms with Crippen molar-refractivity contribution in [3.63, 3.8) is 0 Å². The third-order valence-electron chi connectivity index (χ3n) is 0.971. The van der Waals surface area contributed by atoms with Crippen LogP contribution >= 0.6 is 7.75 Å². The van der Waals surface area contributed by atoms with Gasteiger partial charge >= 0.3 is 39.0 Å². The van der Waals surface area contributed by atoms with Crippen molar-refractivity contribution in [3.8, 4) is 0 Å². The highest BCUT2D eigenvalue weighted by Crippen LogP contribution is 2.48. The van der Waals surface area contributed by atoms with Crippen LogP contribution in [0, 0.1) is 0 Å². The van der Waals surface area contributed by atoms with Crippen LogP contribution in [0.5, 0.6) is 0 Å². The van der Waals surface area contributed by atoms with E-state index >= 15 is 0 Å². The highest BCUT2D eigenvalue weighted by Gasteiger charge is 2.55. The molecule has 2 N–H and O–H groups in total. The zero-order chi connectivity index (χ0) is 15.9. The van der Waals surface area contributed by atoms with Gasteiger partial charge in [0.15, 0.2) is 0 Å². The first-order valence-electron chi connectivity index (χ1n) is 3.35. The lowest BCUT2D eigenvalue weighted by molar-refractivity contribution is -0.0520. The van der Waals surface area contributed by atoms with Crippen LogP contribution in [-0.2, 0) is 32.7 Å². The average molecular weight is 361 g/mol. The van der Waals surface area contributed by atoms with Gasteiger partial charge in [0.25, 0.3) is 0 Å². The van der Waals surface area contributed by atoms with Crippen molar-refractivity contribution in [3.05, 3.63) is 0 Å². The van der Waals surface area contributed by atoms with Crippen LogP contribution < -0.4 is 5.50 Å². The SMILES string of the molecule is NP(=O)(OS(=O)(=O)C(F)(F)F)OS(=O)(=O)C(F)(F)F. The largest absolute Gasteiger partial charge is 0.523 e. The van der Waals surface area contributed by atoms with Crippen molar-refractivity contribution in [1.29, 1.82) is 0 Å². The predicted molar refractivity (Wildman–Crippen MR) is 43.9 cm³/mol. The van der Waals surface area contributed by atoms with E-state index in [0.717, 1.165) is 0 Å². The second kappa shape index (κ2) is 4.85. The zero-order valence-electron chi connectivity index (χ0n) is 7.97. The molecule has 0 rings (SSSR count). The molecule has 0 atom stereocenters. The number of halogens is 6. The minimum Gasteiger partial charge on any atom is -0.239 e. The van der Waals surface area contributed by atoms with Gasteiger partial charge in [0, 0.05) is 0 Å². The Morgan fingerprint density at radius 1 is 0.789 bits per heavy atom. The summed E-state index contributed by atoms with van der Waals surface area (Å²) >= 11 is 0. The highest BCUT2D eigenvalue weighted by molar-refractivity contribution is 7.95. The van der Waals surface area contributed by atoms with Gasteiger partial charge in [-0.05, 0) is 0 Å². The molecule has 0 saturated heterocycles. The van der Waals surface area contributed by atoms with Crippen LogP contribution in [0.3, 0.4) is 0 Å². The lowest BCUT2D eigenvalue weighted by Crippen LogP contribution is -2.30. The lowest BCUT2D eigenvalue weighted by atomic mass is 11.6. The minimum atomic E-state index is -6.72. The summed E-state index contributed by atoms with van der Waals surface area (Å²) in [5, 5.41) is 0. The summed E-state index contributed by atoms with van der Waals surface area (Å²) < 4.78 is 127. The summed E-state index contributed by atoms with van der Waals surface area (Å²) in [6.07, 6.45) is 0. The molecule has 17 heteroatoms. The van der Waals surface area contributed by atoms with Gasteiger partial charge in [-0.2, -0.15) is 51.1 Å². The summed E-state index contributed by atoms with van der Waals surface area (Å²) in [7, 11) is -19.7. The molecule has 0 heterocycles. The molecule has 0 bridgehead atoms. The van der Waals surface area contributed by atoms with E-state index in [2.05, 4.69) is 13.4 Å². The molecule has 116 valence electrons. The third kappa shape index (κ3) is 4.88. The number of hydrogen-bond acceptors (Lipinski definition) is 7. The van der Waals surface area contributed by atoms with Gasteiger partial charge in [-0.15, -0.1) is 0 Å². The lowest BCUT2D eigenvalue weighted by Gasteiger charge is -2.15.